The van der Waals surface area contributed by atoms with Gasteiger partial charge in [0.25, 0.3) is 0 Å². The lowest BCUT2D eigenvalue weighted by Crippen LogP contribution is -2.31. The van der Waals surface area contributed by atoms with Crippen molar-refractivity contribution in [3.8, 4) is 5.75 Å². The molecule has 0 aromatic heterocycles. The fourth-order valence-corrected chi connectivity index (χ4v) is 3.25. The Morgan fingerprint density at radius 1 is 1.05 bits per heavy atom. The third-order valence-corrected chi connectivity index (χ3v) is 4.29. The first-order valence-corrected chi connectivity index (χ1v) is 8.09. The van der Waals surface area contributed by atoms with E-state index in [2.05, 4.69) is 0 Å². The van der Waals surface area contributed by atoms with Crippen molar-refractivity contribution in [2.24, 2.45) is 5.92 Å². The second-order valence-corrected chi connectivity index (χ2v) is 6.28. The van der Waals surface area contributed by atoms with Crippen LogP contribution in [0.2, 0.25) is 0 Å². The molecule has 1 aliphatic rings. The molecule has 0 saturated heterocycles. The van der Waals surface area contributed by atoms with Crippen LogP contribution in [0.5, 0.6) is 5.75 Å². The lowest BCUT2D eigenvalue weighted by atomic mass is 9.82. The van der Waals surface area contributed by atoms with Gasteiger partial charge in [-0.25, -0.2) is 0 Å². The van der Waals surface area contributed by atoms with E-state index in [1.165, 1.54) is 19.3 Å². The van der Waals surface area contributed by atoms with Gasteiger partial charge in [-0.05, 0) is 50.3 Å². The molecule has 118 valence electrons. The molecule has 2 atom stereocenters. The van der Waals surface area contributed by atoms with E-state index in [1.807, 2.05) is 38.1 Å². The number of hydrogen-bond acceptors (Lipinski definition) is 3. The number of aliphatic hydroxyl groups is 1. The summed E-state index contributed by atoms with van der Waals surface area (Å²) in [5.74, 6) is 1.30. The number of benzene rings is 1. The van der Waals surface area contributed by atoms with Crippen LogP contribution in [-0.4, -0.2) is 24.4 Å². The van der Waals surface area contributed by atoms with Crippen LogP contribution in [0.3, 0.4) is 0 Å². The van der Waals surface area contributed by atoms with Crippen molar-refractivity contribution in [3.63, 3.8) is 0 Å². The molecule has 1 aromatic carbocycles. The molecule has 21 heavy (non-hydrogen) atoms. The zero-order chi connectivity index (χ0) is 15.2. The van der Waals surface area contributed by atoms with Gasteiger partial charge < -0.3 is 14.6 Å². The zero-order valence-electron chi connectivity index (χ0n) is 13.4. The summed E-state index contributed by atoms with van der Waals surface area (Å²) in [6.45, 7) is 4.01. The third-order valence-electron chi connectivity index (χ3n) is 4.29. The average molecular weight is 292 g/mol. The van der Waals surface area contributed by atoms with Crippen LogP contribution in [0.15, 0.2) is 24.3 Å². The van der Waals surface area contributed by atoms with Crippen LogP contribution in [-0.2, 0) is 4.74 Å². The van der Waals surface area contributed by atoms with Gasteiger partial charge in [0, 0.05) is 7.11 Å². The van der Waals surface area contributed by atoms with Gasteiger partial charge in [0.2, 0.25) is 0 Å². The number of hydrogen-bond donors (Lipinski definition) is 1. The van der Waals surface area contributed by atoms with E-state index < -0.39 is 6.10 Å². The Hall–Kier alpha value is -1.06. The van der Waals surface area contributed by atoms with Crippen molar-refractivity contribution in [1.82, 2.24) is 0 Å². The molecule has 0 heterocycles. The van der Waals surface area contributed by atoms with Gasteiger partial charge >= 0.3 is 0 Å². The molecule has 1 fully saturated rings. The maximum Gasteiger partial charge on any atom is 0.119 e. The van der Waals surface area contributed by atoms with Crippen LogP contribution < -0.4 is 4.74 Å². The fourth-order valence-electron chi connectivity index (χ4n) is 3.25. The molecule has 3 heteroatoms. The van der Waals surface area contributed by atoms with E-state index in [1.54, 1.807) is 7.11 Å². The minimum absolute atomic E-state index is 0.109. The monoisotopic (exact) mass is 292 g/mol. The lowest BCUT2D eigenvalue weighted by molar-refractivity contribution is -0.0559. The predicted octanol–water partition coefficient (Wildman–Crippen LogP) is 4.10. The summed E-state index contributed by atoms with van der Waals surface area (Å²) in [7, 11) is 1.71. The molecule has 2 rings (SSSR count). The maximum absolute atomic E-state index is 10.6. The minimum atomic E-state index is -0.564. The maximum atomic E-state index is 10.6. The van der Waals surface area contributed by atoms with Gasteiger partial charge in [-0.2, -0.15) is 0 Å². The van der Waals surface area contributed by atoms with Crippen LogP contribution in [0.4, 0.5) is 0 Å². The summed E-state index contributed by atoms with van der Waals surface area (Å²) in [6.07, 6.45) is 5.61. The first-order chi connectivity index (χ1) is 10.1. The largest absolute Gasteiger partial charge is 0.491 e. The average Bonchev–Trinajstić information content (AvgIpc) is 2.49. The van der Waals surface area contributed by atoms with Crippen molar-refractivity contribution in [2.75, 3.05) is 7.11 Å². The predicted molar refractivity (Wildman–Crippen MR) is 84.5 cm³/mol. The van der Waals surface area contributed by atoms with E-state index in [9.17, 15) is 5.11 Å². The van der Waals surface area contributed by atoms with Crippen molar-refractivity contribution in [2.45, 2.75) is 64.3 Å². The van der Waals surface area contributed by atoms with Crippen molar-refractivity contribution < 1.29 is 14.6 Å². The molecule has 0 radical (unpaired) electrons. The first-order valence-electron chi connectivity index (χ1n) is 8.09. The van der Waals surface area contributed by atoms with Gasteiger partial charge in [-0.15, -0.1) is 0 Å². The van der Waals surface area contributed by atoms with E-state index in [4.69, 9.17) is 9.47 Å². The Balaban J connectivity index is 2.04. The molecule has 0 aliphatic heterocycles. The summed E-state index contributed by atoms with van der Waals surface area (Å²) in [4.78, 5) is 0. The number of aliphatic hydroxyl groups excluding tert-OH is 1. The summed E-state index contributed by atoms with van der Waals surface area (Å²) in [6, 6.07) is 7.73. The van der Waals surface area contributed by atoms with Gasteiger partial charge in [0.15, 0.2) is 0 Å². The second kappa shape index (κ2) is 7.81. The highest BCUT2D eigenvalue weighted by atomic mass is 16.5. The van der Waals surface area contributed by atoms with E-state index in [0.717, 1.165) is 24.2 Å². The van der Waals surface area contributed by atoms with Gasteiger partial charge in [0.1, 0.15) is 11.9 Å². The lowest BCUT2D eigenvalue weighted by Gasteiger charge is -2.32. The molecular formula is C18H28O3. The van der Waals surface area contributed by atoms with E-state index in [-0.39, 0.29) is 12.2 Å². The summed E-state index contributed by atoms with van der Waals surface area (Å²) in [5.41, 5.74) is 0.906. The standard InChI is InChI=1S/C18H28O3/c1-13(2)21-16-11-9-14(10-12-16)17(19)18(20-3)15-7-5-4-6-8-15/h9-13,15,17-19H,4-8H2,1-3H3. The minimum Gasteiger partial charge on any atom is -0.491 e. The molecule has 1 saturated carbocycles. The molecule has 1 aromatic rings. The Morgan fingerprint density at radius 2 is 1.67 bits per heavy atom. The van der Waals surface area contributed by atoms with Gasteiger partial charge in [0.05, 0.1) is 12.2 Å². The Kier molecular flexibility index (Phi) is 6.07. The molecule has 0 spiro atoms. The zero-order valence-corrected chi connectivity index (χ0v) is 13.4. The van der Waals surface area contributed by atoms with Crippen LogP contribution in [0.25, 0.3) is 0 Å². The van der Waals surface area contributed by atoms with Crippen LogP contribution in [0.1, 0.15) is 57.6 Å². The van der Waals surface area contributed by atoms with E-state index in [0.29, 0.717) is 5.92 Å². The molecular weight excluding hydrogens is 264 g/mol. The SMILES string of the molecule is COC(C1CCCCC1)C(O)c1ccc(OC(C)C)cc1. The quantitative estimate of drug-likeness (QED) is 0.858. The van der Waals surface area contributed by atoms with Crippen molar-refractivity contribution in [3.05, 3.63) is 29.8 Å². The highest BCUT2D eigenvalue weighted by molar-refractivity contribution is 5.29. The highest BCUT2D eigenvalue weighted by Gasteiger charge is 2.30. The third kappa shape index (κ3) is 4.45. The molecule has 3 nitrogen and oxygen atoms in total. The summed E-state index contributed by atoms with van der Waals surface area (Å²) < 4.78 is 11.3. The van der Waals surface area contributed by atoms with Gasteiger partial charge in [-0.1, -0.05) is 31.4 Å². The number of methoxy groups -OCH3 is 1. The molecule has 1 N–H and O–H groups in total. The van der Waals surface area contributed by atoms with Crippen LogP contribution in [0, 0.1) is 5.92 Å². The Morgan fingerprint density at radius 3 is 2.19 bits per heavy atom. The Bertz CT molecular complexity index is 407. The highest BCUT2D eigenvalue weighted by Crippen LogP contribution is 2.34. The fraction of sp³-hybridized carbons (Fsp3) is 0.667. The normalized spacial score (nSPS) is 19.5. The molecule has 1 aliphatic carbocycles. The molecule has 0 bridgehead atoms. The van der Waals surface area contributed by atoms with E-state index >= 15 is 0 Å². The van der Waals surface area contributed by atoms with Gasteiger partial charge in [-0.3, -0.25) is 0 Å². The smallest absolute Gasteiger partial charge is 0.119 e. The Labute approximate surface area is 128 Å². The summed E-state index contributed by atoms with van der Waals surface area (Å²) >= 11 is 0. The van der Waals surface area contributed by atoms with Crippen molar-refractivity contribution in [1.29, 1.82) is 0 Å². The topological polar surface area (TPSA) is 38.7 Å². The van der Waals surface area contributed by atoms with Crippen LogP contribution >= 0.6 is 0 Å². The first kappa shape index (κ1) is 16.3. The summed E-state index contributed by atoms with van der Waals surface area (Å²) in [5, 5.41) is 10.6. The molecule has 0 amide bonds. The van der Waals surface area contributed by atoms with Crippen molar-refractivity contribution >= 4 is 0 Å². The number of rotatable bonds is 6. The number of ether oxygens (including phenoxy) is 2. The molecule has 2 unspecified atom stereocenters. The second-order valence-electron chi connectivity index (χ2n) is 6.28.